The maximum atomic E-state index is 4.16. The quantitative estimate of drug-likeness (QED) is 0.791. The smallest absolute Gasteiger partial charge is 0.0380 e. The lowest BCUT2D eigenvalue weighted by Crippen LogP contribution is -2.18. The fraction of sp³-hybridized carbons (Fsp3) is 0.250. The Hall–Kier alpha value is -1.61. The Morgan fingerprint density at radius 2 is 2.33 bits per heavy atom. The molecule has 2 aromatic rings. The van der Waals surface area contributed by atoms with Gasteiger partial charge in [0.25, 0.3) is 0 Å². The van der Waals surface area contributed by atoms with Gasteiger partial charge in [0.15, 0.2) is 0 Å². The number of aromatic nitrogens is 2. The Balaban J connectivity index is 2.28. The lowest BCUT2D eigenvalue weighted by atomic mass is 9.97. The van der Waals surface area contributed by atoms with Gasteiger partial charge >= 0.3 is 0 Å². The first kappa shape index (κ1) is 9.93. The van der Waals surface area contributed by atoms with Gasteiger partial charge in [-0.3, -0.25) is 4.98 Å². The molecule has 0 radical (unpaired) electrons. The van der Waals surface area contributed by atoms with E-state index in [2.05, 4.69) is 27.4 Å². The largest absolute Gasteiger partial charge is 0.364 e. The van der Waals surface area contributed by atoms with Crippen LogP contribution in [-0.2, 0) is 0 Å². The highest BCUT2D eigenvalue weighted by molar-refractivity contribution is 5.26. The van der Waals surface area contributed by atoms with Gasteiger partial charge in [0.05, 0.1) is 0 Å². The van der Waals surface area contributed by atoms with Gasteiger partial charge in [-0.2, -0.15) is 0 Å². The van der Waals surface area contributed by atoms with E-state index in [0.29, 0.717) is 5.92 Å². The molecule has 3 heteroatoms. The summed E-state index contributed by atoms with van der Waals surface area (Å²) >= 11 is 0. The molecule has 0 spiro atoms. The van der Waals surface area contributed by atoms with Crippen LogP contribution < -0.4 is 5.32 Å². The SMILES string of the molecule is CNCC(c1cccnc1)c1ccc[nH]1. The number of H-pyrrole nitrogens is 1. The standard InChI is InChI=1S/C12H15N3/c1-13-9-11(12-5-3-7-15-12)10-4-2-6-14-8-10/h2-8,11,13,15H,9H2,1H3. The van der Waals surface area contributed by atoms with Crippen LogP contribution in [0.5, 0.6) is 0 Å². The number of hydrogen-bond donors (Lipinski definition) is 2. The number of nitrogens with one attached hydrogen (secondary N) is 2. The number of likely N-dealkylation sites (N-methyl/N-ethyl adjacent to an activating group) is 1. The maximum Gasteiger partial charge on any atom is 0.0380 e. The molecule has 2 heterocycles. The molecule has 0 saturated heterocycles. The van der Waals surface area contributed by atoms with E-state index in [-0.39, 0.29) is 0 Å². The number of pyridine rings is 1. The van der Waals surface area contributed by atoms with E-state index < -0.39 is 0 Å². The molecule has 78 valence electrons. The van der Waals surface area contributed by atoms with Crippen LogP contribution in [0.15, 0.2) is 42.9 Å². The third-order valence-corrected chi connectivity index (χ3v) is 2.49. The molecule has 0 amide bonds. The van der Waals surface area contributed by atoms with Gasteiger partial charge in [0.1, 0.15) is 0 Å². The minimum atomic E-state index is 0.346. The van der Waals surface area contributed by atoms with Crippen molar-refractivity contribution in [3.05, 3.63) is 54.1 Å². The number of hydrogen-bond acceptors (Lipinski definition) is 2. The van der Waals surface area contributed by atoms with Crippen molar-refractivity contribution in [3.63, 3.8) is 0 Å². The van der Waals surface area contributed by atoms with Crippen molar-refractivity contribution < 1.29 is 0 Å². The van der Waals surface area contributed by atoms with Gasteiger partial charge in [0, 0.05) is 36.7 Å². The molecular formula is C12H15N3. The molecule has 3 nitrogen and oxygen atoms in total. The van der Waals surface area contributed by atoms with Crippen LogP contribution in [-0.4, -0.2) is 23.6 Å². The second-order valence-corrected chi connectivity index (χ2v) is 3.52. The highest BCUT2D eigenvalue weighted by Gasteiger charge is 2.13. The van der Waals surface area contributed by atoms with Crippen LogP contribution in [0.4, 0.5) is 0 Å². The van der Waals surface area contributed by atoms with Crippen molar-refractivity contribution in [1.82, 2.24) is 15.3 Å². The van der Waals surface area contributed by atoms with Gasteiger partial charge in [0.2, 0.25) is 0 Å². The summed E-state index contributed by atoms with van der Waals surface area (Å²) in [5.41, 5.74) is 2.45. The van der Waals surface area contributed by atoms with E-state index in [9.17, 15) is 0 Å². The van der Waals surface area contributed by atoms with Gasteiger partial charge in [-0.1, -0.05) is 6.07 Å². The van der Waals surface area contributed by atoms with Crippen molar-refractivity contribution in [2.45, 2.75) is 5.92 Å². The number of aromatic amines is 1. The van der Waals surface area contributed by atoms with Gasteiger partial charge < -0.3 is 10.3 Å². The summed E-state index contributed by atoms with van der Waals surface area (Å²) in [6.07, 6.45) is 5.67. The Morgan fingerprint density at radius 1 is 1.40 bits per heavy atom. The summed E-state index contributed by atoms with van der Waals surface area (Å²) in [5, 5.41) is 3.21. The van der Waals surface area contributed by atoms with E-state index in [0.717, 1.165) is 6.54 Å². The second-order valence-electron chi connectivity index (χ2n) is 3.52. The second kappa shape index (κ2) is 4.75. The molecule has 2 rings (SSSR count). The first-order chi connectivity index (χ1) is 7.42. The summed E-state index contributed by atoms with van der Waals surface area (Å²) < 4.78 is 0. The first-order valence-electron chi connectivity index (χ1n) is 5.09. The van der Waals surface area contributed by atoms with Crippen molar-refractivity contribution >= 4 is 0 Å². The summed E-state index contributed by atoms with van der Waals surface area (Å²) in [4.78, 5) is 7.41. The van der Waals surface area contributed by atoms with Crippen LogP contribution >= 0.6 is 0 Å². The fourth-order valence-electron chi connectivity index (χ4n) is 1.75. The molecule has 15 heavy (non-hydrogen) atoms. The summed E-state index contributed by atoms with van der Waals surface area (Å²) in [7, 11) is 1.96. The predicted molar refractivity (Wildman–Crippen MR) is 60.8 cm³/mol. The highest BCUT2D eigenvalue weighted by Crippen LogP contribution is 2.21. The fourth-order valence-corrected chi connectivity index (χ4v) is 1.75. The predicted octanol–water partition coefficient (Wildman–Crippen LogP) is 1.76. The number of nitrogens with zero attached hydrogens (tertiary/aromatic N) is 1. The van der Waals surface area contributed by atoms with Crippen LogP contribution in [0.2, 0.25) is 0 Å². The molecule has 2 N–H and O–H groups in total. The Morgan fingerprint density at radius 3 is 2.93 bits per heavy atom. The van der Waals surface area contributed by atoms with Crippen molar-refractivity contribution in [2.75, 3.05) is 13.6 Å². The third kappa shape index (κ3) is 2.25. The molecule has 0 saturated carbocycles. The van der Waals surface area contributed by atoms with E-state index >= 15 is 0 Å². The van der Waals surface area contributed by atoms with Gasteiger partial charge in [-0.25, -0.2) is 0 Å². The molecule has 1 atom stereocenters. The average Bonchev–Trinajstić information content (AvgIpc) is 2.80. The maximum absolute atomic E-state index is 4.16. The molecule has 0 bridgehead atoms. The lowest BCUT2D eigenvalue weighted by molar-refractivity contribution is 0.693. The zero-order valence-corrected chi connectivity index (χ0v) is 8.77. The monoisotopic (exact) mass is 201 g/mol. The molecule has 1 unspecified atom stereocenters. The summed E-state index contributed by atoms with van der Waals surface area (Å²) in [5.74, 6) is 0.346. The molecule has 0 fully saturated rings. The van der Waals surface area contributed by atoms with Crippen LogP contribution in [0, 0.1) is 0 Å². The lowest BCUT2D eigenvalue weighted by Gasteiger charge is -2.15. The molecule has 0 aliphatic carbocycles. The highest BCUT2D eigenvalue weighted by atomic mass is 14.8. The zero-order chi connectivity index (χ0) is 10.5. The van der Waals surface area contributed by atoms with Gasteiger partial charge in [-0.15, -0.1) is 0 Å². The summed E-state index contributed by atoms with van der Waals surface area (Å²) in [6, 6.07) is 8.21. The Kier molecular flexibility index (Phi) is 3.15. The molecule has 0 aliphatic rings. The van der Waals surface area contributed by atoms with E-state index in [1.807, 2.05) is 31.6 Å². The molecule has 0 aromatic carbocycles. The van der Waals surface area contributed by atoms with Gasteiger partial charge in [-0.05, 0) is 30.8 Å². The van der Waals surface area contributed by atoms with Crippen molar-refractivity contribution in [2.24, 2.45) is 0 Å². The third-order valence-electron chi connectivity index (χ3n) is 2.49. The number of rotatable bonds is 4. The molecular weight excluding hydrogens is 186 g/mol. The van der Waals surface area contributed by atoms with Crippen molar-refractivity contribution in [1.29, 1.82) is 0 Å². The average molecular weight is 201 g/mol. The Bertz CT molecular complexity index is 381. The van der Waals surface area contributed by atoms with E-state index in [1.165, 1.54) is 11.3 Å². The molecule has 0 aliphatic heterocycles. The Labute approximate surface area is 89.6 Å². The topological polar surface area (TPSA) is 40.7 Å². The zero-order valence-electron chi connectivity index (χ0n) is 8.77. The van der Waals surface area contributed by atoms with E-state index in [4.69, 9.17) is 0 Å². The van der Waals surface area contributed by atoms with Crippen molar-refractivity contribution in [3.8, 4) is 0 Å². The van der Waals surface area contributed by atoms with Crippen LogP contribution in [0.1, 0.15) is 17.2 Å². The van der Waals surface area contributed by atoms with Crippen LogP contribution in [0.25, 0.3) is 0 Å². The molecule has 2 aromatic heterocycles. The first-order valence-corrected chi connectivity index (χ1v) is 5.09. The van der Waals surface area contributed by atoms with E-state index in [1.54, 1.807) is 6.20 Å². The minimum Gasteiger partial charge on any atom is -0.364 e. The normalized spacial score (nSPS) is 12.6. The summed E-state index contributed by atoms with van der Waals surface area (Å²) in [6.45, 7) is 0.909. The minimum absolute atomic E-state index is 0.346. The van der Waals surface area contributed by atoms with Crippen LogP contribution in [0.3, 0.4) is 0 Å².